The van der Waals surface area contributed by atoms with Gasteiger partial charge in [-0.2, -0.15) is 0 Å². The zero-order valence-corrected chi connectivity index (χ0v) is 10.4. The lowest BCUT2D eigenvalue weighted by molar-refractivity contribution is -0.150. The fraction of sp³-hybridized carbons (Fsp3) is 0.917. The van der Waals surface area contributed by atoms with Crippen LogP contribution in [0.5, 0.6) is 0 Å². The molecule has 2 saturated heterocycles. The van der Waals surface area contributed by atoms with Crippen molar-refractivity contribution < 1.29 is 14.6 Å². The van der Waals surface area contributed by atoms with Crippen LogP contribution < -0.4 is 5.32 Å². The molecule has 0 aliphatic carbocycles. The van der Waals surface area contributed by atoms with E-state index in [1.807, 2.05) is 11.8 Å². The second-order valence-corrected chi connectivity index (χ2v) is 5.02. The van der Waals surface area contributed by atoms with Gasteiger partial charge in [-0.15, -0.1) is 0 Å². The molecular formula is C12H22N2O3. The maximum absolute atomic E-state index is 12.4. The second kappa shape index (κ2) is 5.80. The number of rotatable bonds is 2. The van der Waals surface area contributed by atoms with Gasteiger partial charge >= 0.3 is 0 Å². The van der Waals surface area contributed by atoms with Crippen LogP contribution in [0.25, 0.3) is 0 Å². The third-order valence-corrected chi connectivity index (χ3v) is 3.64. The van der Waals surface area contributed by atoms with Crippen LogP contribution in [0.1, 0.15) is 19.8 Å². The van der Waals surface area contributed by atoms with Crippen molar-refractivity contribution in [1.29, 1.82) is 0 Å². The van der Waals surface area contributed by atoms with Crippen LogP contribution in [0.3, 0.4) is 0 Å². The lowest BCUT2D eigenvalue weighted by Crippen LogP contribution is -2.55. The highest BCUT2D eigenvalue weighted by Crippen LogP contribution is 2.19. The van der Waals surface area contributed by atoms with Crippen molar-refractivity contribution in [3.05, 3.63) is 0 Å². The molecule has 1 amide bonds. The van der Waals surface area contributed by atoms with Gasteiger partial charge in [0.25, 0.3) is 0 Å². The van der Waals surface area contributed by atoms with Gasteiger partial charge in [0.2, 0.25) is 5.91 Å². The second-order valence-electron chi connectivity index (χ2n) is 5.02. The van der Waals surface area contributed by atoms with E-state index in [1.54, 1.807) is 0 Å². The summed E-state index contributed by atoms with van der Waals surface area (Å²) >= 11 is 0. The Morgan fingerprint density at radius 3 is 3.06 bits per heavy atom. The summed E-state index contributed by atoms with van der Waals surface area (Å²) in [5.74, 6) is 0.315. The number of morpholine rings is 1. The first-order chi connectivity index (χ1) is 8.22. The summed E-state index contributed by atoms with van der Waals surface area (Å²) in [5, 5.41) is 12.4. The molecule has 0 radical (unpaired) electrons. The standard InChI is InChI=1S/C12H22N2O3/c1-9-8-17-11(7-15)6-14(9)12(16)10-3-2-4-13-5-10/h9-11,13,15H,2-8H2,1H3. The first kappa shape index (κ1) is 12.8. The van der Waals surface area contributed by atoms with Crippen LogP contribution in [0, 0.1) is 5.92 Å². The molecule has 0 bridgehead atoms. The molecule has 2 fully saturated rings. The monoisotopic (exact) mass is 242 g/mol. The van der Waals surface area contributed by atoms with Crippen LogP contribution in [-0.2, 0) is 9.53 Å². The quantitative estimate of drug-likeness (QED) is 0.691. The van der Waals surface area contributed by atoms with Crippen molar-refractivity contribution in [2.75, 3.05) is 32.8 Å². The number of piperidine rings is 1. The van der Waals surface area contributed by atoms with Crippen molar-refractivity contribution in [3.8, 4) is 0 Å². The molecule has 5 nitrogen and oxygen atoms in total. The van der Waals surface area contributed by atoms with E-state index in [0.717, 1.165) is 25.9 Å². The van der Waals surface area contributed by atoms with E-state index in [4.69, 9.17) is 9.84 Å². The predicted molar refractivity (Wildman–Crippen MR) is 63.6 cm³/mol. The number of nitrogens with zero attached hydrogens (tertiary/aromatic N) is 1. The maximum Gasteiger partial charge on any atom is 0.227 e. The number of carbonyl (C=O) groups is 1. The van der Waals surface area contributed by atoms with Crippen LogP contribution in [0.15, 0.2) is 0 Å². The molecule has 0 aromatic carbocycles. The first-order valence-corrected chi connectivity index (χ1v) is 6.46. The van der Waals surface area contributed by atoms with E-state index in [-0.39, 0.29) is 30.6 Å². The molecule has 98 valence electrons. The fourth-order valence-corrected chi connectivity index (χ4v) is 2.53. The summed E-state index contributed by atoms with van der Waals surface area (Å²) in [7, 11) is 0. The molecule has 0 spiro atoms. The Balaban J connectivity index is 1.95. The Hall–Kier alpha value is -0.650. The zero-order valence-electron chi connectivity index (χ0n) is 10.4. The third-order valence-electron chi connectivity index (χ3n) is 3.64. The average molecular weight is 242 g/mol. The summed E-state index contributed by atoms with van der Waals surface area (Å²) in [6, 6.07) is 0.118. The molecule has 5 heteroatoms. The molecule has 2 rings (SSSR count). The fourth-order valence-electron chi connectivity index (χ4n) is 2.53. The van der Waals surface area contributed by atoms with Crippen molar-refractivity contribution >= 4 is 5.91 Å². The predicted octanol–water partition coefficient (Wildman–Crippen LogP) is -0.406. The van der Waals surface area contributed by atoms with Crippen molar-refractivity contribution in [2.24, 2.45) is 5.92 Å². The van der Waals surface area contributed by atoms with Gasteiger partial charge in [-0.3, -0.25) is 4.79 Å². The number of hydrogen-bond donors (Lipinski definition) is 2. The number of carbonyl (C=O) groups excluding carboxylic acids is 1. The van der Waals surface area contributed by atoms with Gasteiger partial charge in [0.15, 0.2) is 0 Å². The van der Waals surface area contributed by atoms with Crippen LogP contribution >= 0.6 is 0 Å². The lowest BCUT2D eigenvalue weighted by Gasteiger charge is -2.39. The van der Waals surface area contributed by atoms with E-state index in [0.29, 0.717) is 13.2 Å². The molecule has 2 aliphatic rings. The van der Waals surface area contributed by atoms with Gasteiger partial charge in [0.1, 0.15) is 0 Å². The van der Waals surface area contributed by atoms with Crippen molar-refractivity contribution in [3.63, 3.8) is 0 Å². The molecule has 2 heterocycles. The minimum Gasteiger partial charge on any atom is -0.394 e. The summed E-state index contributed by atoms with van der Waals surface area (Å²) in [5.41, 5.74) is 0. The zero-order chi connectivity index (χ0) is 12.3. The summed E-state index contributed by atoms with van der Waals surface area (Å²) < 4.78 is 5.45. The first-order valence-electron chi connectivity index (χ1n) is 6.46. The largest absolute Gasteiger partial charge is 0.394 e. The van der Waals surface area contributed by atoms with E-state index < -0.39 is 0 Å². The molecule has 3 atom stereocenters. The molecule has 3 unspecified atom stereocenters. The molecule has 2 N–H and O–H groups in total. The molecule has 17 heavy (non-hydrogen) atoms. The lowest BCUT2D eigenvalue weighted by atomic mass is 9.97. The number of aliphatic hydroxyl groups is 1. The highest BCUT2D eigenvalue weighted by molar-refractivity contribution is 5.79. The van der Waals surface area contributed by atoms with Crippen molar-refractivity contribution in [1.82, 2.24) is 10.2 Å². The Bertz CT molecular complexity index is 266. The highest BCUT2D eigenvalue weighted by Gasteiger charge is 2.33. The Morgan fingerprint density at radius 1 is 1.59 bits per heavy atom. The number of ether oxygens (including phenoxy) is 1. The Morgan fingerprint density at radius 2 is 2.41 bits per heavy atom. The van der Waals surface area contributed by atoms with E-state index in [2.05, 4.69) is 5.32 Å². The molecule has 0 saturated carbocycles. The van der Waals surface area contributed by atoms with Gasteiger partial charge < -0.3 is 20.1 Å². The molecule has 0 aromatic heterocycles. The van der Waals surface area contributed by atoms with Crippen LogP contribution in [-0.4, -0.2) is 60.9 Å². The normalized spacial score (nSPS) is 34.7. The Labute approximate surface area is 102 Å². The topological polar surface area (TPSA) is 61.8 Å². The number of amides is 1. The molecular weight excluding hydrogens is 220 g/mol. The minimum atomic E-state index is -0.216. The van der Waals surface area contributed by atoms with Crippen LogP contribution in [0.2, 0.25) is 0 Å². The van der Waals surface area contributed by atoms with E-state index in [9.17, 15) is 4.79 Å². The number of nitrogens with one attached hydrogen (secondary N) is 1. The van der Waals surface area contributed by atoms with Gasteiger partial charge in [0.05, 0.1) is 31.3 Å². The van der Waals surface area contributed by atoms with Gasteiger partial charge in [0, 0.05) is 13.1 Å². The van der Waals surface area contributed by atoms with Gasteiger partial charge in [-0.05, 0) is 26.3 Å². The van der Waals surface area contributed by atoms with Crippen molar-refractivity contribution in [2.45, 2.75) is 31.9 Å². The molecule has 2 aliphatic heterocycles. The average Bonchev–Trinajstić information content (AvgIpc) is 2.39. The molecule has 0 aromatic rings. The van der Waals surface area contributed by atoms with Crippen LogP contribution in [0.4, 0.5) is 0 Å². The van der Waals surface area contributed by atoms with Gasteiger partial charge in [-0.1, -0.05) is 0 Å². The van der Waals surface area contributed by atoms with E-state index in [1.165, 1.54) is 0 Å². The number of hydrogen-bond acceptors (Lipinski definition) is 4. The summed E-state index contributed by atoms with van der Waals surface area (Å²) in [6.45, 7) is 4.83. The van der Waals surface area contributed by atoms with E-state index >= 15 is 0 Å². The Kier molecular flexibility index (Phi) is 4.36. The highest BCUT2D eigenvalue weighted by atomic mass is 16.5. The third kappa shape index (κ3) is 2.97. The number of aliphatic hydroxyl groups excluding tert-OH is 1. The SMILES string of the molecule is CC1COC(CO)CN1C(=O)C1CCCNC1. The summed E-state index contributed by atoms with van der Waals surface area (Å²) in [6.07, 6.45) is 1.82. The smallest absolute Gasteiger partial charge is 0.227 e. The minimum absolute atomic E-state index is 0.0145. The van der Waals surface area contributed by atoms with Gasteiger partial charge in [-0.25, -0.2) is 0 Å². The maximum atomic E-state index is 12.4. The summed E-state index contributed by atoms with van der Waals surface area (Å²) in [4.78, 5) is 14.3.